The number of hydrogen-bond donors (Lipinski definition) is 1. The van der Waals surface area contributed by atoms with Crippen molar-refractivity contribution in [1.82, 2.24) is 4.72 Å². The normalized spacial score (nSPS) is 11.1. The van der Waals surface area contributed by atoms with E-state index in [1.165, 1.54) is 0 Å². The zero-order valence-corrected chi connectivity index (χ0v) is 13.1. The quantitative estimate of drug-likeness (QED) is 0.745. The Kier molecular flexibility index (Phi) is 6.73. The molecule has 20 heavy (non-hydrogen) atoms. The molecule has 1 aromatic carbocycles. The van der Waals surface area contributed by atoms with Gasteiger partial charge in [0.25, 0.3) is 0 Å². The molecule has 0 fully saturated rings. The Morgan fingerprint density at radius 2 is 1.90 bits per heavy atom. The average molecular weight is 293 g/mol. The van der Waals surface area contributed by atoms with Crippen molar-refractivity contribution in [3.8, 4) is 0 Å². The summed E-state index contributed by atoms with van der Waals surface area (Å²) in [5, 5.41) is 0. The van der Waals surface area contributed by atoms with Crippen LogP contribution in [0, 0.1) is 6.92 Å². The Balaban J connectivity index is 2.56. The van der Waals surface area contributed by atoms with Crippen LogP contribution in [0.25, 0.3) is 0 Å². The van der Waals surface area contributed by atoms with Crippen molar-refractivity contribution in [1.29, 1.82) is 0 Å². The first kappa shape index (κ1) is 16.7. The fraction of sp³-hybridized carbons (Fsp3) is 0.438. The summed E-state index contributed by atoms with van der Waals surface area (Å²) in [5.41, 5.74) is 5.03. The molecular formula is C16H23NO2S. The van der Waals surface area contributed by atoms with E-state index >= 15 is 0 Å². The maximum absolute atomic E-state index is 12.1. The summed E-state index contributed by atoms with van der Waals surface area (Å²) < 4.78 is 26.8. The Morgan fingerprint density at radius 1 is 1.25 bits per heavy atom. The van der Waals surface area contributed by atoms with Crippen LogP contribution in [-0.4, -0.2) is 15.0 Å². The summed E-state index contributed by atoms with van der Waals surface area (Å²) in [4.78, 5) is 0.306. The van der Waals surface area contributed by atoms with Crippen LogP contribution >= 0.6 is 0 Å². The van der Waals surface area contributed by atoms with Gasteiger partial charge in [0.2, 0.25) is 10.0 Å². The molecule has 0 radical (unpaired) electrons. The SMILES string of the molecule is C=C=C(CCCC)CCNS(=O)(=O)c1ccc(C)cc1. The lowest BCUT2D eigenvalue weighted by Crippen LogP contribution is -2.25. The Bertz CT molecular complexity index is 567. The maximum Gasteiger partial charge on any atom is 0.240 e. The molecule has 1 rings (SSSR count). The van der Waals surface area contributed by atoms with E-state index in [2.05, 4.69) is 24.0 Å². The van der Waals surface area contributed by atoms with Crippen LogP contribution < -0.4 is 4.72 Å². The molecule has 1 N–H and O–H groups in total. The second kappa shape index (κ2) is 8.05. The maximum atomic E-state index is 12.1. The summed E-state index contributed by atoms with van der Waals surface area (Å²) in [6, 6.07) is 6.84. The highest BCUT2D eigenvalue weighted by Gasteiger charge is 2.12. The predicted octanol–water partition coefficient (Wildman–Crippen LogP) is 3.56. The van der Waals surface area contributed by atoms with Crippen LogP contribution in [0.15, 0.2) is 47.0 Å². The Morgan fingerprint density at radius 3 is 2.45 bits per heavy atom. The van der Waals surface area contributed by atoms with E-state index in [1.807, 2.05) is 6.92 Å². The molecule has 0 saturated carbocycles. The molecule has 0 atom stereocenters. The standard InChI is InChI=1S/C16H23NO2S/c1-4-6-7-15(5-2)12-13-17-20(18,19)16-10-8-14(3)9-11-16/h8-11,17H,2,4,6-7,12-13H2,1,3H3. The van der Waals surface area contributed by atoms with Crippen LogP contribution in [0.1, 0.15) is 38.2 Å². The van der Waals surface area contributed by atoms with E-state index < -0.39 is 10.0 Å². The summed E-state index contributed by atoms with van der Waals surface area (Å²) in [7, 11) is -3.41. The summed E-state index contributed by atoms with van der Waals surface area (Å²) in [6.07, 6.45) is 3.80. The third kappa shape index (κ3) is 5.33. The van der Waals surface area contributed by atoms with Gasteiger partial charge in [0.05, 0.1) is 4.90 Å². The molecule has 0 unspecified atom stereocenters. The van der Waals surface area contributed by atoms with Crippen molar-refractivity contribution in [2.24, 2.45) is 0 Å². The van der Waals surface area contributed by atoms with E-state index in [-0.39, 0.29) is 0 Å². The number of nitrogens with one attached hydrogen (secondary N) is 1. The van der Waals surface area contributed by atoms with Gasteiger partial charge in [0.15, 0.2) is 0 Å². The van der Waals surface area contributed by atoms with E-state index in [1.54, 1.807) is 24.3 Å². The average Bonchev–Trinajstić information content (AvgIpc) is 2.43. The lowest BCUT2D eigenvalue weighted by Gasteiger charge is -2.08. The molecular weight excluding hydrogens is 270 g/mol. The van der Waals surface area contributed by atoms with Crippen LogP contribution in [0.2, 0.25) is 0 Å². The topological polar surface area (TPSA) is 46.2 Å². The summed E-state index contributed by atoms with van der Waals surface area (Å²) >= 11 is 0. The van der Waals surface area contributed by atoms with Gasteiger partial charge in [-0.05, 0) is 43.9 Å². The molecule has 0 bridgehead atoms. The zero-order valence-electron chi connectivity index (χ0n) is 12.3. The summed E-state index contributed by atoms with van der Waals surface area (Å²) in [6.45, 7) is 8.10. The lowest BCUT2D eigenvalue weighted by atomic mass is 10.1. The number of benzene rings is 1. The number of unbranched alkanes of at least 4 members (excludes halogenated alkanes) is 1. The Labute approximate surface area is 122 Å². The minimum atomic E-state index is -3.41. The molecule has 0 spiro atoms. The first-order valence-electron chi connectivity index (χ1n) is 6.93. The number of rotatable bonds is 8. The smallest absolute Gasteiger partial charge is 0.211 e. The van der Waals surface area contributed by atoms with Gasteiger partial charge in [-0.25, -0.2) is 13.1 Å². The molecule has 0 amide bonds. The van der Waals surface area contributed by atoms with E-state index in [0.29, 0.717) is 17.9 Å². The van der Waals surface area contributed by atoms with Gasteiger partial charge in [-0.15, -0.1) is 5.73 Å². The molecule has 0 aliphatic carbocycles. The molecule has 0 aliphatic heterocycles. The fourth-order valence-electron chi connectivity index (χ4n) is 1.83. The second-order valence-electron chi connectivity index (χ2n) is 4.84. The third-order valence-corrected chi connectivity index (χ3v) is 4.61. The van der Waals surface area contributed by atoms with Crippen molar-refractivity contribution in [3.63, 3.8) is 0 Å². The monoisotopic (exact) mass is 293 g/mol. The fourth-order valence-corrected chi connectivity index (χ4v) is 2.86. The number of aryl methyl sites for hydroxylation is 1. The van der Waals surface area contributed by atoms with Gasteiger partial charge in [0, 0.05) is 6.54 Å². The molecule has 1 aromatic rings. The highest BCUT2D eigenvalue weighted by atomic mass is 32.2. The van der Waals surface area contributed by atoms with Crippen molar-refractivity contribution < 1.29 is 8.42 Å². The zero-order chi connectivity index (χ0) is 15.0. The molecule has 0 saturated heterocycles. The summed E-state index contributed by atoms with van der Waals surface area (Å²) in [5.74, 6) is 0. The van der Waals surface area contributed by atoms with Crippen LogP contribution in [0.5, 0.6) is 0 Å². The van der Waals surface area contributed by atoms with Crippen molar-refractivity contribution in [2.45, 2.75) is 44.4 Å². The van der Waals surface area contributed by atoms with E-state index in [0.717, 1.165) is 30.4 Å². The molecule has 110 valence electrons. The highest BCUT2D eigenvalue weighted by Crippen LogP contribution is 2.12. The van der Waals surface area contributed by atoms with Crippen LogP contribution in [0.4, 0.5) is 0 Å². The first-order valence-corrected chi connectivity index (χ1v) is 8.42. The van der Waals surface area contributed by atoms with Crippen molar-refractivity contribution in [3.05, 3.63) is 47.7 Å². The molecule has 4 heteroatoms. The van der Waals surface area contributed by atoms with E-state index in [9.17, 15) is 8.42 Å². The van der Waals surface area contributed by atoms with Crippen molar-refractivity contribution >= 4 is 10.0 Å². The number of sulfonamides is 1. The van der Waals surface area contributed by atoms with Gasteiger partial charge in [-0.2, -0.15) is 0 Å². The second-order valence-corrected chi connectivity index (χ2v) is 6.61. The Hall–Kier alpha value is -1.35. The number of hydrogen-bond acceptors (Lipinski definition) is 2. The third-order valence-electron chi connectivity index (χ3n) is 3.13. The van der Waals surface area contributed by atoms with E-state index in [4.69, 9.17) is 0 Å². The highest BCUT2D eigenvalue weighted by molar-refractivity contribution is 7.89. The minimum Gasteiger partial charge on any atom is -0.211 e. The van der Waals surface area contributed by atoms with Crippen LogP contribution in [0.3, 0.4) is 0 Å². The first-order chi connectivity index (χ1) is 9.49. The molecule has 3 nitrogen and oxygen atoms in total. The molecule has 0 aromatic heterocycles. The van der Waals surface area contributed by atoms with Crippen LogP contribution in [-0.2, 0) is 10.0 Å². The largest absolute Gasteiger partial charge is 0.240 e. The van der Waals surface area contributed by atoms with Gasteiger partial charge in [0.1, 0.15) is 0 Å². The van der Waals surface area contributed by atoms with Crippen molar-refractivity contribution in [2.75, 3.05) is 6.54 Å². The van der Waals surface area contributed by atoms with Gasteiger partial charge in [-0.1, -0.05) is 37.6 Å². The molecule has 0 heterocycles. The predicted molar refractivity (Wildman–Crippen MR) is 83.2 cm³/mol. The lowest BCUT2D eigenvalue weighted by molar-refractivity contribution is 0.580. The van der Waals surface area contributed by atoms with Gasteiger partial charge >= 0.3 is 0 Å². The minimum absolute atomic E-state index is 0.306. The molecule has 0 aliphatic rings. The van der Waals surface area contributed by atoms with Gasteiger partial charge in [-0.3, -0.25) is 0 Å². The van der Waals surface area contributed by atoms with Gasteiger partial charge < -0.3 is 0 Å².